The molecule has 2 aromatic heterocycles. The van der Waals surface area contributed by atoms with Crippen molar-refractivity contribution in [2.45, 2.75) is 25.8 Å². The number of nitrogens with two attached hydrogens (primary N) is 2. The number of nitrogen functional groups attached to an aromatic ring is 1. The molecule has 1 aliphatic carbocycles. The van der Waals surface area contributed by atoms with Crippen molar-refractivity contribution >= 4 is 39.7 Å². The number of oxazole rings is 1. The molecule has 2 aromatic carbocycles. The third kappa shape index (κ3) is 3.13. The molecule has 1 saturated carbocycles. The number of fused-ring (bicyclic) bond motifs is 1. The highest BCUT2D eigenvalue weighted by atomic mass is 16.5. The predicted octanol–water partition coefficient (Wildman–Crippen LogP) is 3.05. The van der Waals surface area contributed by atoms with Crippen molar-refractivity contribution in [2.24, 2.45) is 11.7 Å². The minimum Gasteiger partial charge on any atom is -0.491 e. The molecule has 6 rings (SSSR count). The van der Waals surface area contributed by atoms with Crippen LogP contribution < -0.4 is 21.5 Å². The molecule has 1 atom stereocenters. The molecule has 4 aromatic rings. The van der Waals surface area contributed by atoms with Crippen molar-refractivity contribution in [3.8, 4) is 17.1 Å². The van der Waals surface area contributed by atoms with E-state index in [1.807, 2.05) is 30.3 Å². The van der Waals surface area contributed by atoms with Gasteiger partial charge < -0.3 is 30.5 Å². The maximum atomic E-state index is 11.2. The van der Waals surface area contributed by atoms with Gasteiger partial charge in [0.05, 0.1) is 18.2 Å². The number of ether oxygens (including phenoxy) is 1. The van der Waals surface area contributed by atoms with Gasteiger partial charge in [-0.05, 0) is 43.0 Å². The lowest BCUT2D eigenvalue weighted by atomic mass is 10.2. The van der Waals surface area contributed by atoms with Gasteiger partial charge in [-0.2, -0.15) is 4.98 Å². The molecular weight excluding hydrogens is 396 g/mol. The number of rotatable bonds is 5. The van der Waals surface area contributed by atoms with E-state index in [9.17, 15) is 4.79 Å². The Labute approximate surface area is 177 Å². The van der Waals surface area contributed by atoms with Gasteiger partial charge >= 0.3 is 0 Å². The van der Waals surface area contributed by atoms with Crippen LogP contribution in [0.4, 0.5) is 11.7 Å². The summed E-state index contributed by atoms with van der Waals surface area (Å²) in [5.41, 5.74) is 16.0. The molecule has 0 spiro atoms. The number of primary amides is 1. The zero-order valence-electron chi connectivity index (χ0n) is 16.7. The second-order valence-corrected chi connectivity index (χ2v) is 8.09. The number of nitrogens with zero attached hydrogens (tertiary/aromatic N) is 3. The third-order valence-electron chi connectivity index (χ3n) is 5.81. The van der Waals surface area contributed by atoms with Crippen molar-refractivity contribution in [3.63, 3.8) is 0 Å². The van der Waals surface area contributed by atoms with Crippen molar-refractivity contribution in [3.05, 3.63) is 36.4 Å². The summed E-state index contributed by atoms with van der Waals surface area (Å²) in [5, 5.41) is 3.42. The molecule has 0 unspecified atom stereocenters. The van der Waals surface area contributed by atoms with E-state index in [0.29, 0.717) is 18.6 Å². The maximum Gasteiger partial charge on any atom is 0.292 e. The van der Waals surface area contributed by atoms with Crippen molar-refractivity contribution in [1.82, 2.24) is 14.5 Å². The molecule has 1 amide bonds. The molecule has 2 aliphatic rings. The zero-order chi connectivity index (χ0) is 21.1. The molecule has 9 nitrogen and oxygen atoms in total. The summed E-state index contributed by atoms with van der Waals surface area (Å²) in [5.74, 6) is 1.58. The summed E-state index contributed by atoms with van der Waals surface area (Å²) in [4.78, 5) is 20.3. The fourth-order valence-electron chi connectivity index (χ4n) is 4.32. The number of nitrogens with one attached hydrogen (secondary N) is 1. The van der Waals surface area contributed by atoms with E-state index < -0.39 is 0 Å². The summed E-state index contributed by atoms with van der Waals surface area (Å²) < 4.78 is 13.8. The number of hydrogen-bond acceptors (Lipinski definition) is 7. The molecule has 5 N–H and O–H groups in total. The average Bonchev–Trinajstić information content (AvgIpc) is 3.22. The Morgan fingerprint density at radius 3 is 3.00 bits per heavy atom. The number of aromatic nitrogens is 3. The highest BCUT2D eigenvalue weighted by molar-refractivity contribution is 5.91. The fraction of sp³-hybridized carbons (Fsp3) is 0.273. The van der Waals surface area contributed by atoms with Gasteiger partial charge in [0.1, 0.15) is 22.6 Å². The molecular formula is C22H21N6O3. The van der Waals surface area contributed by atoms with Gasteiger partial charge in [-0.25, -0.2) is 4.98 Å². The first-order valence-corrected chi connectivity index (χ1v) is 10.3. The van der Waals surface area contributed by atoms with Crippen LogP contribution in [0.1, 0.15) is 19.3 Å². The van der Waals surface area contributed by atoms with Gasteiger partial charge in [0.2, 0.25) is 5.91 Å². The van der Waals surface area contributed by atoms with Gasteiger partial charge in [0.25, 0.3) is 6.01 Å². The highest BCUT2D eigenvalue weighted by Gasteiger charge is 2.39. The van der Waals surface area contributed by atoms with Crippen LogP contribution in [-0.4, -0.2) is 27.0 Å². The molecule has 1 aliphatic heterocycles. The van der Waals surface area contributed by atoms with Gasteiger partial charge in [0, 0.05) is 30.3 Å². The number of carbonyl (C=O) groups is 1. The molecule has 157 valence electrons. The quantitative estimate of drug-likeness (QED) is 0.454. The van der Waals surface area contributed by atoms with Crippen LogP contribution in [0, 0.1) is 12.0 Å². The van der Waals surface area contributed by atoms with Crippen LogP contribution in [0.3, 0.4) is 0 Å². The van der Waals surface area contributed by atoms with Gasteiger partial charge in [0.15, 0.2) is 5.58 Å². The van der Waals surface area contributed by atoms with Crippen LogP contribution in [0.2, 0.25) is 0 Å². The number of imidazole rings is 1. The minimum absolute atomic E-state index is 0.150. The van der Waals surface area contributed by atoms with Crippen molar-refractivity contribution < 1.29 is 13.9 Å². The van der Waals surface area contributed by atoms with E-state index in [-0.39, 0.29) is 17.8 Å². The van der Waals surface area contributed by atoms with Gasteiger partial charge in [-0.3, -0.25) is 4.79 Å². The van der Waals surface area contributed by atoms with Gasteiger partial charge in [-0.1, -0.05) is 0 Å². The Bertz CT molecular complexity index is 1340. The number of benzene rings is 2. The van der Waals surface area contributed by atoms with Crippen LogP contribution in [0.5, 0.6) is 5.75 Å². The Morgan fingerprint density at radius 1 is 1.23 bits per heavy atom. The number of anilines is 2. The van der Waals surface area contributed by atoms with Crippen LogP contribution in [0.15, 0.2) is 34.7 Å². The SMILES string of the molecule is NC(=O)C[C@@H]1C[C]1Nc1cc2c3c(c1)nc(-c1ccc4nc(N)oc4c1)n3CCCO2. The molecule has 0 saturated heterocycles. The summed E-state index contributed by atoms with van der Waals surface area (Å²) in [7, 11) is 0. The molecule has 0 bridgehead atoms. The van der Waals surface area contributed by atoms with E-state index in [4.69, 9.17) is 25.6 Å². The number of carbonyl (C=O) groups excluding carboxylic acids is 1. The minimum atomic E-state index is -0.277. The van der Waals surface area contributed by atoms with E-state index in [1.165, 1.54) is 0 Å². The summed E-state index contributed by atoms with van der Waals surface area (Å²) in [6, 6.07) is 11.1. The molecule has 1 radical (unpaired) electrons. The summed E-state index contributed by atoms with van der Waals surface area (Å²) in [6.07, 6.45) is 2.12. The normalized spacial score (nSPS) is 18.1. The van der Waals surface area contributed by atoms with Crippen LogP contribution in [-0.2, 0) is 11.3 Å². The van der Waals surface area contributed by atoms with E-state index in [1.54, 1.807) is 0 Å². The Morgan fingerprint density at radius 2 is 2.13 bits per heavy atom. The Kier molecular flexibility index (Phi) is 3.86. The number of aryl methyl sites for hydroxylation is 1. The first-order valence-electron chi connectivity index (χ1n) is 10.3. The predicted molar refractivity (Wildman–Crippen MR) is 116 cm³/mol. The molecule has 9 heteroatoms. The fourth-order valence-corrected chi connectivity index (χ4v) is 4.32. The topological polar surface area (TPSA) is 134 Å². The molecule has 3 heterocycles. The summed E-state index contributed by atoms with van der Waals surface area (Å²) in [6.45, 7) is 1.44. The highest BCUT2D eigenvalue weighted by Crippen LogP contribution is 2.45. The lowest BCUT2D eigenvalue weighted by Crippen LogP contribution is -2.12. The van der Waals surface area contributed by atoms with Gasteiger partial charge in [-0.15, -0.1) is 0 Å². The Balaban J connectivity index is 1.41. The molecule has 1 fully saturated rings. The third-order valence-corrected chi connectivity index (χ3v) is 5.81. The smallest absolute Gasteiger partial charge is 0.292 e. The van der Waals surface area contributed by atoms with Crippen molar-refractivity contribution in [2.75, 3.05) is 17.7 Å². The Hall–Kier alpha value is -3.75. The van der Waals surface area contributed by atoms with Crippen LogP contribution >= 0.6 is 0 Å². The lowest BCUT2D eigenvalue weighted by molar-refractivity contribution is -0.118. The zero-order valence-corrected chi connectivity index (χ0v) is 16.7. The lowest BCUT2D eigenvalue weighted by Gasteiger charge is -2.10. The second kappa shape index (κ2) is 6.63. The number of hydrogen-bond donors (Lipinski definition) is 3. The van der Waals surface area contributed by atoms with E-state index in [2.05, 4.69) is 14.9 Å². The largest absolute Gasteiger partial charge is 0.491 e. The number of amides is 1. The standard InChI is InChI=1S/C22H21N6O3/c23-19(29)8-12-6-15(12)25-13-9-16-20-18(10-13)30-5-1-4-28(20)21(26-16)11-2-3-14-17(7-11)31-22(24)27-14/h2-3,7,9-10,12,25H,1,4-6,8H2,(H2,23,29)(H2,24,27)/t12-/m0/s1. The summed E-state index contributed by atoms with van der Waals surface area (Å²) >= 11 is 0. The van der Waals surface area contributed by atoms with E-state index >= 15 is 0 Å². The van der Waals surface area contributed by atoms with Crippen LogP contribution in [0.25, 0.3) is 33.5 Å². The van der Waals surface area contributed by atoms with E-state index in [0.717, 1.165) is 64.8 Å². The molecule has 31 heavy (non-hydrogen) atoms. The first-order chi connectivity index (χ1) is 15.0. The average molecular weight is 417 g/mol. The maximum absolute atomic E-state index is 11.2. The van der Waals surface area contributed by atoms with Crippen molar-refractivity contribution in [1.29, 1.82) is 0 Å². The monoisotopic (exact) mass is 417 g/mol. The second-order valence-electron chi connectivity index (χ2n) is 8.09. The first kappa shape index (κ1) is 18.1.